The van der Waals surface area contributed by atoms with Crippen molar-refractivity contribution in [1.82, 2.24) is 13.9 Å². The molecule has 0 fully saturated rings. The van der Waals surface area contributed by atoms with Crippen molar-refractivity contribution >= 4 is 33.0 Å². The number of benzene rings is 1. The zero-order chi connectivity index (χ0) is 22.2. The van der Waals surface area contributed by atoms with Crippen molar-refractivity contribution < 1.29 is 22.7 Å². The molecule has 0 atom stereocenters. The van der Waals surface area contributed by atoms with E-state index in [1.165, 1.54) is 27.3 Å². The first-order valence-corrected chi connectivity index (χ1v) is 10.5. The van der Waals surface area contributed by atoms with Gasteiger partial charge in [-0.25, -0.2) is 8.82 Å². The first-order valence-electron chi connectivity index (χ1n) is 9.10. The molecule has 2 aromatic heterocycles. The molecule has 0 radical (unpaired) electrons. The van der Waals surface area contributed by atoms with Gasteiger partial charge in [-0.1, -0.05) is 0 Å². The van der Waals surface area contributed by atoms with E-state index in [1.54, 1.807) is 53.3 Å². The van der Waals surface area contributed by atoms with Gasteiger partial charge in [-0.2, -0.15) is 13.5 Å². The summed E-state index contributed by atoms with van der Waals surface area (Å²) in [5.74, 6) is 0.301. The normalized spacial score (nSPS) is 15.3. The lowest BCUT2D eigenvalue weighted by Crippen LogP contribution is -2.35. The van der Waals surface area contributed by atoms with Gasteiger partial charge in [0.05, 0.1) is 25.4 Å². The van der Waals surface area contributed by atoms with Crippen LogP contribution >= 0.6 is 0 Å². The summed E-state index contributed by atoms with van der Waals surface area (Å²) in [6.45, 7) is 0. The van der Waals surface area contributed by atoms with Gasteiger partial charge >= 0.3 is 10.2 Å². The molecule has 160 valence electrons. The molecular formula is C20H19N5O5S. The third-order valence-corrected chi connectivity index (χ3v) is 6.06. The second-order valence-electron chi connectivity index (χ2n) is 6.59. The Balaban J connectivity index is 1.69. The van der Waals surface area contributed by atoms with Crippen molar-refractivity contribution in [3.8, 4) is 11.5 Å². The third-order valence-electron chi connectivity index (χ3n) is 4.74. The van der Waals surface area contributed by atoms with Gasteiger partial charge in [0.2, 0.25) is 0 Å². The van der Waals surface area contributed by atoms with Crippen molar-refractivity contribution in [3.63, 3.8) is 0 Å². The van der Waals surface area contributed by atoms with E-state index >= 15 is 0 Å². The number of nitrogens with zero attached hydrogens (tertiary/aromatic N) is 4. The summed E-state index contributed by atoms with van der Waals surface area (Å²) in [6, 6.07) is 10.0. The molecule has 0 aliphatic carbocycles. The summed E-state index contributed by atoms with van der Waals surface area (Å²) in [5.41, 5.74) is 1.77. The Morgan fingerprint density at radius 2 is 1.84 bits per heavy atom. The molecule has 0 saturated carbocycles. The molecule has 4 rings (SSSR count). The lowest BCUT2D eigenvalue weighted by atomic mass is 10.1. The molecule has 3 heterocycles. The summed E-state index contributed by atoms with van der Waals surface area (Å²) < 4.78 is 42.0. The molecule has 1 amide bonds. The molecular weight excluding hydrogens is 422 g/mol. The zero-order valence-electron chi connectivity index (χ0n) is 16.9. The molecule has 11 heteroatoms. The Bertz CT molecular complexity index is 1340. The number of nitrogens with one attached hydrogen (secondary N) is 1. The highest BCUT2D eigenvalue weighted by Crippen LogP contribution is 2.29. The van der Waals surface area contributed by atoms with Crippen molar-refractivity contribution in [1.29, 1.82) is 0 Å². The molecule has 1 aliphatic rings. The minimum Gasteiger partial charge on any atom is -0.493 e. The maximum absolute atomic E-state index is 12.9. The van der Waals surface area contributed by atoms with E-state index in [0.29, 0.717) is 22.7 Å². The number of likely N-dealkylation sites (N-methyl/N-ethyl adjacent to an activating group) is 1. The van der Waals surface area contributed by atoms with Crippen LogP contribution in [0.3, 0.4) is 0 Å². The average molecular weight is 441 g/mol. The lowest BCUT2D eigenvalue weighted by Gasteiger charge is -2.23. The van der Waals surface area contributed by atoms with Crippen LogP contribution in [0.2, 0.25) is 0 Å². The summed E-state index contributed by atoms with van der Waals surface area (Å²) >= 11 is 0. The number of fused-ring (bicyclic) bond motifs is 1. The van der Waals surface area contributed by atoms with E-state index < -0.39 is 16.1 Å². The Morgan fingerprint density at radius 1 is 1.06 bits per heavy atom. The standard InChI is InChI=1S/C20H19N5O5S/c1-24-17(20(26)22-14-7-9-25-15(11-14)6-8-21-25)12-16(23-31(24,27)28)13-4-5-18(29-2)19(10-13)30-3/h4-12H,1-3H3,(H,22,26). The Labute approximate surface area is 178 Å². The van der Waals surface area contributed by atoms with E-state index in [0.717, 1.165) is 9.82 Å². The van der Waals surface area contributed by atoms with Crippen LogP contribution in [0.1, 0.15) is 5.56 Å². The van der Waals surface area contributed by atoms with Gasteiger partial charge in [-0.05, 0) is 42.5 Å². The maximum atomic E-state index is 12.9. The van der Waals surface area contributed by atoms with Crippen LogP contribution in [0.5, 0.6) is 11.5 Å². The molecule has 31 heavy (non-hydrogen) atoms. The summed E-state index contributed by atoms with van der Waals surface area (Å²) in [4.78, 5) is 12.9. The first kappa shape index (κ1) is 20.4. The number of hydrogen-bond donors (Lipinski definition) is 1. The van der Waals surface area contributed by atoms with Gasteiger partial charge in [0.1, 0.15) is 5.70 Å². The Morgan fingerprint density at radius 3 is 2.58 bits per heavy atom. The smallest absolute Gasteiger partial charge is 0.345 e. The molecule has 1 aliphatic heterocycles. The van der Waals surface area contributed by atoms with Crippen molar-refractivity contribution in [3.05, 3.63) is 66.1 Å². The van der Waals surface area contributed by atoms with Crippen LogP contribution < -0.4 is 14.8 Å². The second-order valence-corrected chi connectivity index (χ2v) is 8.22. The predicted molar refractivity (Wildman–Crippen MR) is 115 cm³/mol. The number of anilines is 1. The number of amides is 1. The van der Waals surface area contributed by atoms with E-state index in [2.05, 4.69) is 14.8 Å². The zero-order valence-corrected chi connectivity index (χ0v) is 17.8. The maximum Gasteiger partial charge on any atom is 0.345 e. The van der Waals surface area contributed by atoms with Crippen molar-refractivity contribution in [2.75, 3.05) is 26.6 Å². The lowest BCUT2D eigenvalue weighted by molar-refractivity contribution is -0.113. The molecule has 0 bridgehead atoms. The third kappa shape index (κ3) is 3.82. The van der Waals surface area contributed by atoms with Gasteiger partial charge in [-0.15, -0.1) is 4.40 Å². The van der Waals surface area contributed by atoms with Crippen LogP contribution in [0, 0.1) is 0 Å². The van der Waals surface area contributed by atoms with E-state index in [1.807, 2.05) is 0 Å². The second kappa shape index (κ2) is 7.76. The van der Waals surface area contributed by atoms with Crippen LogP contribution in [-0.4, -0.2) is 55.2 Å². The first-order chi connectivity index (χ1) is 14.8. The quantitative estimate of drug-likeness (QED) is 0.646. The molecule has 1 aromatic carbocycles. The Kier molecular flexibility index (Phi) is 5.11. The highest BCUT2D eigenvalue weighted by atomic mass is 32.2. The van der Waals surface area contributed by atoms with Crippen LogP contribution in [0.4, 0.5) is 5.69 Å². The van der Waals surface area contributed by atoms with Gasteiger partial charge < -0.3 is 14.8 Å². The number of pyridine rings is 1. The fourth-order valence-corrected chi connectivity index (χ4v) is 4.00. The summed E-state index contributed by atoms with van der Waals surface area (Å²) in [6.07, 6.45) is 4.74. The van der Waals surface area contributed by atoms with E-state index in [4.69, 9.17) is 9.47 Å². The van der Waals surface area contributed by atoms with Gasteiger partial charge in [0, 0.05) is 30.7 Å². The predicted octanol–water partition coefficient (Wildman–Crippen LogP) is 1.85. The SMILES string of the molecule is COc1ccc(C2=NS(=O)(=O)N(C)C(C(=O)Nc3ccn4nccc4c3)=C2)cc1OC. The molecule has 1 N–H and O–H groups in total. The number of allylic oxidation sites excluding steroid dienone is 1. The summed E-state index contributed by atoms with van der Waals surface area (Å²) in [7, 11) is 0.145. The number of carbonyl (C=O) groups excluding carboxylic acids is 1. The van der Waals surface area contributed by atoms with Crippen LogP contribution in [0.25, 0.3) is 5.52 Å². The molecule has 0 saturated heterocycles. The van der Waals surface area contributed by atoms with Gasteiger partial charge in [0.15, 0.2) is 11.5 Å². The van der Waals surface area contributed by atoms with Gasteiger partial charge in [0.25, 0.3) is 5.91 Å². The number of rotatable bonds is 5. The fraction of sp³-hybridized carbons (Fsp3) is 0.150. The highest BCUT2D eigenvalue weighted by molar-refractivity contribution is 7.88. The van der Waals surface area contributed by atoms with E-state index in [-0.39, 0.29) is 11.4 Å². The average Bonchev–Trinajstić information content (AvgIpc) is 3.22. The molecule has 3 aromatic rings. The Hall–Kier alpha value is -3.86. The fourth-order valence-electron chi connectivity index (χ4n) is 3.09. The monoisotopic (exact) mass is 441 g/mol. The highest BCUT2D eigenvalue weighted by Gasteiger charge is 2.30. The van der Waals surface area contributed by atoms with Gasteiger partial charge in [-0.3, -0.25) is 4.79 Å². The number of hydrogen-bond acceptors (Lipinski definition) is 6. The van der Waals surface area contributed by atoms with Crippen molar-refractivity contribution in [2.24, 2.45) is 4.40 Å². The molecule has 0 spiro atoms. The van der Waals surface area contributed by atoms with Crippen LogP contribution in [-0.2, 0) is 15.0 Å². The molecule has 10 nitrogen and oxygen atoms in total. The van der Waals surface area contributed by atoms with Crippen LogP contribution in [0.15, 0.2) is 65.0 Å². The van der Waals surface area contributed by atoms with Crippen molar-refractivity contribution in [2.45, 2.75) is 0 Å². The minimum atomic E-state index is -4.10. The van der Waals surface area contributed by atoms with E-state index in [9.17, 15) is 13.2 Å². The number of aromatic nitrogens is 2. The topological polar surface area (TPSA) is 115 Å². The number of methoxy groups -OCH3 is 2. The largest absolute Gasteiger partial charge is 0.493 e. The number of carbonyl (C=O) groups is 1. The number of ether oxygens (including phenoxy) is 2. The molecule has 0 unspecified atom stereocenters. The minimum absolute atomic E-state index is 0.0758. The summed E-state index contributed by atoms with van der Waals surface area (Å²) in [5, 5.41) is 6.82.